The van der Waals surface area contributed by atoms with Crippen LogP contribution in [0.4, 0.5) is 0 Å². The Bertz CT molecular complexity index is 285. The van der Waals surface area contributed by atoms with Crippen molar-refractivity contribution in [2.75, 3.05) is 6.61 Å². The fourth-order valence-corrected chi connectivity index (χ4v) is 1.66. The van der Waals surface area contributed by atoms with Gasteiger partial charge in [0, 0.05) is 20.1 Å². The van der Waals surface area contributed by atoms with Gasteiger partial charge in [-0.05, 0) is 6.42 Å². The summed E-state index contributed by atoms with van der Waals surface area (Å²) < 4.78 is 7.49. The van der Waals surface area contributed by atoms with Crippen LogP contribution >= 0.6 is 0 Å². The smallest absolute Gasteiger partial charge is 0.101 e. The minimum atomic E-state index is -0.228. The maximum atomic E-state index is 9.46. The van der Waals surface area contributed by atoms with E-state index in [-0.39, 0.29) is 12.2 Å². The molecule has 13 heavy (non-hydrogen) atoms. The predicted molar refractivity (Wildman–Crippen MR) is 47.1 cm³/mol. The number of hydrogen-bond acceptors (Lipinski definition) is 3. The second kappa shape index (κ2) is 3.47. The molecule has 0 saturated carbocycles. The van der Waals surface area contributed by atoms with Gasteiger partial charge in [-0.15, -0.1) is 0 Å². The van der Waals surface area contributed by atoms with Crippen molar-refractivity contribution in [3.8, 4) is 0 Å². The summed E-state index contributed by atoms with van der Waals surface area (Å²) in [5.41, 5.74) is 1.04. The number of rotatable bonds is 1. The van der Waals surface area contributed by atoms with Crippen molar-refractivity contribution in [3.63, 3.8) is 0 Å². The first-order valence-corrected chi connectivity index (χ1v) is 4.53. The van der Waals surface area contributed by atoms with Crippen LogP contribution in [0.25, 0.3) is 0 Å². The lowest BCUT2D eigenvalue weighted by atomic mass is 10.0. The molecule has 1 fully saturated rings. The Morgan fingerprint density at radius 1 is 1.69 bits per heavy atom. The van der Waals surface area contributed by atoms with Gasteiger partial charge >= 0.3 is 0 Å². The topological polar surface area (TPSA) is 47.3 Å². The maximum absolute atomic E-state index is 9.46. The maximum Gasteiger partial charge on any atom is 0.101 e. The Labute approximate surface area is 77.2 Å². The third kappa shape index (κ3) is 1.73. The summed E-state index contributed by atoms with van der Waals surface area (Å²) in [7, 11) is 1.94. The molecule has 0 spiro atoms. The van der Waals surface area contributed by atoms with Crippen molar-refractivity contribution in [1.29, 1.82) is 0 Å². The number of nitrogens with zero attached hydrogens (tertiary/aromatic N) is 2. The Balaban J connectivity index is 2.12. The number of hydrogen-bond donors (Lipinski definition) is 1. The number of aromatic nitrogens is 2. The fraction of sp³-hybridized carbons (Fsp3) is 0.667. The predicted octanol–water partition coefficient (Wildman–Crippen LogP) is 0.632. The summed E-state index contributed by atoms with van der Waals surface area (Å²) in [4.78, 5) is 4.02. The molecule has 2 atom stereocenters. The molecule has 1 aromatic rings. The Morgan fingerprint density at radius 2 is 2.54 bits per heavy atom. The second-order valence-electron chi connectivity index (χ2n) is 3.47. The van der Waals surface area contributed by atoms with Crippen LogP contribution in [0, 0.1) is 0 Å². The van der Waals surface area contributed by atoms with E-state index in [4.69, 9.17) is 4.74 Å². The summed E-state index contributed by atoms with van der Waals surface area (Å²) in [5, 5.41) is 9.46. The Morgan fingerprint density at radius 3 is 3.15 bits per heavy atom. The number of aryl methyl sites for hydroxylation is 1. The van der Waals surface area contributed by atoms with E-state index in [1.807, 2.05) is 11.6 Å². The van der Waals surface area contributed by atoms with Crippen LogP contribution in [-0.4, -0.2) is 27.4 Å². The molecule has 1 aliphatic rings. The van der Waals surface area contributed by atoms with Gasteiger partial charge in [0.2, 0.25) is 0 Å². The van der Waals surface area contributed by atoms with Gasteiger partial charge in [0.05, 0.1) is 24.3 Å². The molecule has 0 aromatic carbocycles. The molecular formula is C9H14N2O2. The molecule has 1 aliphatic heterocycles. The lowest BCUT2D eigenvalue weighted by Gasteiger charge is -2.26. The van der Waals surface area contributed by atoms with Gasteiger partial charge in [-0.2, -0.15) is 0 Å². The summed E-state index contributed by atoms with van der Waals surface area (Å²) in [6.07, 6.45) is 4.75. The van der Waals surface area contributed by atoms with Crippen molar-refractivity contribution in [2.24, 2.45) is 7.05 Å². The molecule has 72 valence electrons. The van der Waals surface area contributed by atoms with Gasteiger partial charge in [-0.1, -0.05) is 0 Å². The zero-order valence-corrected chi connectivity index (χ0v) is 7.68. The van der Waals surface area contributed by atoms with E-state index in [0.717, 1.165) is 12.1 Å². The number of aliphatic hydroxyl groups excluding tert-OH is 1. The number of aliphatic hydroxyl groups is 1. The van der Waals surface area contributed by atoms with Crippen LogP contribution in [0.3, 0.4) is 0 Å². The average Bonchev–Trinajstić information content (AvgIpc) is 2.51. The molecule has 1 saturated heterocycles. The molecule has 4 heteroatoms. The summed E-state index contributed by atoms with van der Waals surface area (Å²) in [5.74, 6) is 0. The molecule has 2 rings (SSSR count). The van der Waals surface area contributed by atoms with E-state index in [2.05, 4.69) is 4.98 Å². The first-order chi connectivity index (χ1) is 6.27. The summed E-state index contributed by atoms with van der Waals surface area (Å²) in [6.45, 7) is 0.636. The third-order valence-electron chi connectivity index (χ3n) is 2.44. The Kier molecular flexibility index (Phi) is 2.33. The highest BCUT2D eigenvalue weighted by atomic mass is 16.5. The fourth-order valence-electron chi connectivity index (χ4n) is 1.66. The zero-order valence-electron chi connectivity index (χ0n) is 7.68. The SMILES string of the molecule is Cn1cncc1C1CC(O)CCO1. The van der Waals surface area contributed by atoms with Crippen LogP contribution in [0.1, 0.15) is 24.6 Å². The highest BCUT2D eigenvalue weighted by Gasteiger charge is 2.23. The van der Waals surface area contributed by atoms with E-state index in [1.165, 1.54) is 0 Å². The molecule has 0 amide bonds. The minimum Gasteiger partial charge on any atom is -0.393 e. The van der Waals surface area contributed by atoms with Gasteiger partial charge in [0.15, 0.2) is 0 Å². The number of ether oxygens (including phenoxy) is 1. The van der Waals surface area contributed by atoms with Crippen molar-refractivity contribution >= 4 is 0 Å². The standard InChI is InChI=1S/C9H14N2O2/c1-11-6-10-5-8(11)9-4-7(12)2-3-13-9/h5-7,9,12H,2-4H2,1H3. The van der Waals surface area contributed by atoms with Gasteiger partial charge in [0.25, 0.3) is 0 Å². The molecule has 1 N–H and O–H groups in total. The van der Waals surface area contributed by atoms with Crippen LogP contribution < -0.4 is 0 Å². The van der Waals surface area contributed by atoms with Crippen molar-refractivity contribution in [1.82, 2.24) is 9.55 Å². The lowest BCUT2D eigenvalue weighted by molar-refractivity contribution is -0.0477. The van der Waals surface area contributed by atoms with Crippen LogP contribution in [0.15, 0.2) is 12.5 Å². The minimum absolute atomic E-state index is 0.0104. The van der Waals surface area contributed by atoms with Crippen LogP contribution in [0.5, 0.6) is 0 Å². The van der Waals surface area contributed by atoms with Gasteiger partial charge in [0.1, 0.15) is 6.10 Å². The largest absolute Gasteiger partial charge is 0.393 e. The van der Waals surface area contributed by atoms with Crippen LogP contribution in [0.2, 0.25) is 0 Å². The van der Waals surface area contributed by atoms with Crippen molar-refractivity contribution in [3.05, 3.63) is 18.2 Å². The van der Waals surface area contributed by atoms with E-state index < -0.39 is 0 Å². The summed E-state index contributed by atoms with van der Waals surface area (Å²) >= 11 is 0. The lowest BCUT2D eigenvalue weighted by Crippen LogP contribution is -2.24. The van der Waals surface area contributed by atoms with Gasteiger partial charge < -0.3 is 14.4 Å². The second-order valence-corrected chi connectivity index (χ2v) is 3.47. The Hall–Kier alpha value is -0.870. The van der Waals surface area contributed by atoms with Gasteiger partial charge in [-0.3, -0.25) is 0 Å². The quantitative estimate of drug-likeness (QED) is 0.693. The average molecular weight is 182 g/mol. The highest BCUT2D eigenvalue weighted by Crippen LogP contribution is 2.27. The zero-order chi connectivity index (χ0) is 9.26. The van der Waals surface area contributed by atoms with Crippen molar-refractivity contribution in [2.45, 2.75) is 25.0 Å². The molecule has 4 nitrogen and oxygen atoms in total. The molecule has 2 heterocycles. The molecule has 1 aromatic heterocycles. The third-order valence-corrected chi connectivity index (χ3v) is 2.44. The number of imidazole rings is 1. The first kappa shape index (κ1) is 8.72. The molecule has 0 bridgehead atoms. The van der Waals surface area contributed by atoms with E-state index in [9.17, 15) is 5.11 Å². The first-order valence-electron chi connectivity index (χ1n) is 4.53. The van der Waals surface area contributed by atoms with E-state index >= 15 is 0 Å². The highest BCUT2D eigenvalue weighted by molar-refractivity contribution is 5.03. The van der Waals surface area contributed by atoms with E-state index in [1.54, 1.807) is 12.5 Å². The van der Waals surface area contributed by atoms with Crippen molar-refractivity contribution < 1.29 is 9.84 Å². The summed E-state index contributed by atoms with van der Waals surface area (Å²) in [6, 6.07) is 0. The van der Waals surface area contributed by atoms with Crippen LogP contribution in [-0.2, 0) is 11.8 Å². The van der Waals surface area contributed by atoms with E-state index in [0.29, 0.717) is 13.0 Å². The monoisotopic (exact) mass is 182 g/mol. The molecular weight excluding hydrogens is 168 g/mol. The normalized spacial score (nSPS) is 29.1. The van der Waals surface area contributed by atoms with Gasteiger partial charge in [-0.25, -0.2) is 4.98 Å². The molecule has 2 unspecified atom stereocenters. The molecule has 0 radical (unpaired) electrons. The molecule has 0 aliphatic carbocycles.